The Balaban J connectivity index is 2.79. The Morgan fingerprint density at radius 1 is 1.64 bits per heavy atom. The molecule has 0 aromatic carbocycles. The second-order valence-corrected chi connectivity index (χ2v) is 3.51. The molecule has 1 aliphatic carbocycles. The molecule has 3 nitrogen and oxygen atoms in total. The summed E-state index contributed by atoms with van der Waals surface area (Å²) < 4.78 is 0. The Morgan fingerprint density at radius 2 is 2.09 bits per heavy atom. The summed E-state index contributed by atoms with van der Waals surface area (Å²) in [4.78, 5) is 10.6. The summed E-state index contributed by atoms with van der Waals surface area (Å²) in [5.74, 6) is -1.10. The average Bonchev–Trinajstić information content (AvgIpc) is 2.66. The second kappa shape index (κ2) is 2.21. The summed E-state index contributed by atoms with van der Waals surface area (Å²) in [6.07, 6.45) is 2.41. The first-order chi connectivity index (χ1) is 4.96. The van der Waals surface area contributed by atoms with E-state index in [1.54, 1.807) is 0 Å². The predicted octanol–water partition coefficient (Wildman–Crippen LogP) is 1.01. The molecule has 3 heteroatoms. The number of hydrogen-bond acceptors (Lipinski definition) is 2. The maximum Gasteiger partial charge on any atom is 0.335 e. The van der Waals surface area contributed by atoms with Gasteiger partial charge in [-0.3, -0.25) is 0 Å². The molecule has 0 aromatic rings. The lowest BCUT2D eigenvalue weighted by Crippen LogP contribution is -2.44. The molecule has 0 aliphatic heterocycles. The van der Waals surface area contributed by atoms with E-state index in [0.717, 1.165) is 19.3 Å². The van der Waals surface area contributed by atoms with Gasteiger partial charge in [0.25, 0.3) is 0 Å². The lowest BCUT2D eigenvalue weighted by atomic mass is 9.84. The molecule has 0 saturated heterocycles. The van der Waals surface area contributed by atoms with Crippen LogP contribution < -0.4 is 0 Å². The quantitative estimate of drug-likeness (QED) is 0.644. The second-order valence-electron chi connectivity index (χ2n) is 3.51. The summed E-state index contributed by atoms with van der Waals surface area (Å²) >= 11 is 0. The lowest BCUT2D eigenvalue weighted by Gasteiger charge is -2.27. The molecule has 64 valence electrons. The molecule has 1 saturated carbocycles. The van der Waals surface area contributed by atoms with Gasteiger partial charge in [-0.25, -0.2) is 4.79 Å². The van der Waals surface area contributed by atoms with Gasteiger partial charge in [0.05, 0.1) is 0 Å². The molecular formula is C8H14O3. The number of hydrogen-bond donors (Lipinski definition) is 2. The fourth-order valence-electron chi connectivity index (χ4n) is 1.56. The zero-order chi connectivity index (χ0) is 8.70. The van der Waals surface area contributed by atoms with E-state index in [1.165, 1.54) is 6.92 Å². The minimum Gasteiger partial charge on any atom is -0.479 e. The zero-order valence-electron chi connectivity index (χ0n) is 6.92. The van der Waals surface area contributed by atoms with Crippen LogP contribution in [0, 0.1) is 5.41 Å². The van der Waals surface area contributed by atoms with Crippen molar-refractivity contribution >= 4 is 5.97 Å². The van der Waals surface area contributed by atoms with Gasteiger partial charge in [0.15, 0.2) is 5.60 Å². The van der Waals surface area contributed by atoms with E-state index < -0.39 is 11.6 Å². The molecule has 0 radical (unpaired) electrons. The highest BCUT2D eigenvalue weighted by Gasteiger charge is 2.58. The summed E-state index contributed by atoms with van der Waals surface area (Å²) in [6, 6.07) is 0. The van der Waals surface area contributed by atoms with Gasteiger partial charge in [-0.15, -0.1) is 0 Å². The van der Waals surface area contributed by atoms with Crippen LogP contribution in [0.3, 0.4) is 0 Å². The number of carbonyl (C=O) groups is 1. The number of carboxylic acids is 1. The van der Waals surface area contributed by atoms with Crippen molar-refractivity contribution in [1.82, 2.24) is 0 Å². The summed E-state index contributed by atoms with van der Waals surface area (Å²) in [5, 5.41) is 18.3. The molecule has 2 N–H and O–H groups in total. The highest BCUT2D eigenvalue weighted by atomic mass is 16.4. The molecule has 1 rings (SSSR count). The topological polar surface area (TPSA) is 57.5 Å². The molecule has 11 heavy (non-hydrogen) atoms. The fraction of sp³-hybridized carbons (Fsp3) is 0.875. The Bertz CT molecular complexity index is 180. The Morgan fingerprint density at radius 3 is 2.18 bits per heavy atom. The third kappa shape index (κ3) is 1.03. The van der Waals surface area contributed by atoms with Gasteiger partial charge < -0.3 is 10.2 Å². The molecule has 1 unspecified atom stereocenters. The highest BCUT2D eigenvalue weighted by Crippen LogP contribution is 2.56. The summed E-state index contributed by atoms with van der Waals surface area (Å²) in [6.45, 7) is 3.32. The van der Waals surface area contributed by atoms with Gasteiger partial charge in [0.1, 0.15) is 0 Å². The van der Waals surface area contributed by atoms with E-state index in [-0.39, 0.29) is 5.41 Å². The van der Waals surface area contributed by atoms with Crippen molar-refractivity contribution in [3.8, 4) is 0 Å². The molecular weight excluding hydrogens is 144 g/mol. The number of carboxylic acid groups (broad SMARTS) is 1. The van der Waals surface area contributed by atoms with Crippen molar-refractivity contribution in [2.24, 2.45) is 5.41 Å². The molecule has 1 fully saturated rings. The van der Waals surface area contributed by atoms with Crippen LogP contribution in [0.15, 0.2) is 0 Å². The lowest BCUT2D eigenvalue weighted by molar-refractivity contribution is -0.164. The van der Waals surface area contributed by atoms with Gasteiger partial charge in [-0.2, -0.15) is 0 Å². The number of rotatable bonds is 3. The van der Waals surface area contributed by atoms with E-state index >= 15 is 0 Å². The maximum atomic E-state index is 10.6. The SMILES string of the molecule is CCC1(C(C)(O)C(=O)O)CC1. The van der Waals surface area contributed by atoms with Crippen LogP contribution in [0.1, 0.15) is 33.1 Å². The molecule has 1 aliphatic rings. The van der Waals surface area contributed by atoms with Crippen LogP contribution in [0.25, 0.3) is 0 Å². The first kappa shape index (κ1) is 8.53. The third-order valence-electron chi connectivity index (χ3n) is 2.98. The van der Waals surface area contributed by atoms with Crippen LogP contribution in [0.2, 0.25) is 0 Å². The van der Waals surface area contributed by atoms with Crippen molar-refractivity contribution in [2.45, 2.75) is 38.7 Å². The van der Waals surface area contributed by atoms with Crippen LogP contribution in [0.4, 0.5) is 0 Å². The van der Waals surface area contributed by atoms with Gasteiger partial charge >= 0.3 is 5.97 Å². The molecule has 1 atom stereocenters. The average molecular weight is 158 g/mol. The largest absolute Gasteiger partial charge is 0.479 e. The summed E-state index contributed by atoms with van der Waals surface area (Å²) in [5.41, 5.74) is -1.86. The van der Waals surface area contributed by atoms with E-state index in [2.05, 4.69) is 0 Å². The van der Waals surface area contributed by atoms with Crippen molar-refractivity contribution in [2.75, 3.05) is 0 Å². The van der Waals surface area contributed by atoms with Crippen LogP contribution in [0.5, 0.6) is 0 Å². The van der Waals surface area contributed by atoms with E-state index in [4.69, 9.17) is 5.11 Å². The van der Waals surface area contributed by atoms with Gasteiger partial charge in [-0.05, 0) is 26.2 Å². The van der Waals surface area contributed by atoms with Gasteiger partial charge in [-0.1, -0.05) is 6.92 Å². The first-order valence-electron chi connectivity index (χ1n) is 3.92. The normalized spacial score (nSPS) is 25.7. The van der Waals surface area contributed by atoms with E-state index in [0.29, 0.717) is 0 Å². The smallest absolute Gasteiger partial charge is 0.335 e. The Hall–Kier alpha value is -0.570. The zero-order valence-corrected chi connectivity index (χ0v) is 6.92. The molecule has 0 spiro atoms. The first-order valence-corrected chi connectivity index (χ1v) is 3.92. The van der Waals surface area contributed by atoms with Gasteiger partial charge in [0.2, 0.25) is 0 Å². The Kier molecular flexibility index (Phi) is 1.71. The molecule has 0 amide bonds. The maximum absolute atomic E-state index is 10.6. The molecule has 0 heterocycles. The predicted molar refractivity (Wildman–Crippen MR) is 40.2 cm³/mol. The van der Waals surface area contributed by atoms with Crippen molar-refractivity contribution < 1.29 is 15.0 Å². The monoisotopic (exact) mass is 158 g/mol. The van der Waals surface area contributed by atoms with Crippen molar-refractivity contribution in [3.05, 3.63) is 0 Å². The van der Waals surface area contributed by atoms with Gasteiger partial charge in [0, 0.05) is 5.41 Å². The van der Waals surface area contributed by atoms with E-state index in [1.807, 2.05) is 6.92 Å². The van der Waals surface area contributed by atoms with Crippen LogP contribution in [-0.4, -0.2) is 21.8 Å². The van der Waals surface area contributed by atoms with E-state index in [9.17, 15) is 9.90 Å². The number of aliphatic hydroxyl groups is 1. The molecule has 0 aromatic heterocycles. The van der Waals surface area contributed by atoms with Crippen molar-refractivity contribution in [3.63, 3.8) is 0 Å². The summed E-state index contributed by atoms with van der Waals surface area (Å²) in [7, 11) is 0. The number of aliphatic carboxylic acids is 1. The Labute approximate surface area is 66.0 Å². The molecule has 0 bridgehead atoms. The minimum absolute atomic E-state index is 0.334. The highest BCUT2D eigenvalue weighted by molar-refractivity contribution is 5.78. The van der Waals surface area contributed by atoms with Crippen LogP contribution >= 0.6 is 0 Å². The standard InChI is InChI=1S/C8H14O3/c1-3-8(4-5-8)7(2,11)6(9)10/h11H,3-5H2,1-2H3,(H,9,10). The van der Waals surface area contributed by atoms with Crippen molar-refractivity contribution in [1.29, 1.82) is 0 Å². The minimum atomic E-state index is -1.53. The fourth-order valence-corrected chi connectivity index (χ4v) is 1.56. The van der Waals surface area contributed by atoms with Crippen LogP contribution in [-0.2, 0) is 4.79 Å². The third-order valence-corrected chi connectivity index (χ3v) is 2.98.